The molecule has 0 aromatic heterocycles. The molecule has 0 atom stereocenters. The first-order chi connectivity index (χ1) is 5.65. The fourth-order valence-corrected chi connectivity index (χ4v) is 1.13. The van der Waals surface area contributed by atoms with Crippen molar-refractivity contribution < 1.29 is 5.11 Å². The van der Waals surface area contributed by atoms with Crippen LogP contribution in [0.25, 0.3) is 0 Å². The zero-order chi connectivity index (χ0) is 9.14. The standard InChI is InChI=1S/C10H15NO/c1-4-8-5-6-9(11(2)3)7-10(8)12/h5-7,12H,4H2,1-3H3. The van der Waals surface area contributed by atoms with Gasteiger partial charge in [0.05, 0.1) is 0 Å². The molecule has 0 spiro atoms. The van der Waals surface area contributed by atoms with E-state index in [1.54, 1.807) is 6.07 Å². The number of hydrogen-bond donors (Lipinski definition) is 1. The number of hydrogen-bond acceptors (Lipinski definition) is 2. The number of phenolic OH excluding ortho intramolecular Hbond substituents is 1. The van der Waals surface area contributed by atoms with Crippen molar-refractivity contribution >= 4 is 5.69 Å². The van der Waals surface area contributed by atoms with E-state index in [0.29, 0.717) is 5.75 Å². The smallest absolute Gasteiger partial charge is 0.120 e. The molecule has 0 fully saturated rings. The first-order valence-electron chi connectivity index (χ1n) is 4.14. The van der Waals surface area contributed by atoms with Gasteiger partial charge in [0.15, 0.2) is 0 Å². The third kappa shape index (κ3) is 1.70. The highest BCUT2D eigenvalue weighted by molar-refractivity contribution is 5.52. The van der Waals surface area contributed by atoms with Crippen LogP contribution in [0.1, 0.15) is 12.5 Å². The molecule has 1 N–H and O–H groups in total. The summed E-state index contributed by atoms with van der Waals surface area (Å²) in [4.78, 5) is 1.97. The van der Waals surface area contributed by atoms with Crippen LogP contribution in [0.4, 0.5) is 5.69 Å². The molecule has 2 heteroatoms. The van der Waals surface area contributed by atoms with Gasteiger partial charge in [-0.2, -0.15) is 0 Å². The van der Waals surface area contributed by atoms with E-state index in [0.717, 1.165) is 17.7 Å². The monoisotopic (exact) mass is 165 g/mol. The summed E-state index contributed by atoms with van der Waals surface area (Å²) in [5.41, 5.74) is 2.03. The van der Waals surface area contributed by atoms with Crippen LogP contribution in [-0.4, -0.2) is 19.2 Å². The second kappa shape index (κ2) is 3.48. The minimum atomic E-state index is 0.392. The van der Waals surface area contributed by atoms with Gasteiger partial charge in [-0.25, -0.2) is 0 Å². The molecule has 12 heavy (non-hydrogen) atoms. The average molecular weight is 165 g/mol. The minimum Gasteiger partial charge on any atom is -0.508 e. The fraction of sp³-hybridized carbons (Fsp3) is 0.400. The highest BCUT2D eigenvalue weighted by Crippen LogP contribution is 2.23. The van der Waals surface area contributed by atoms with Gasteiger partial charge < -0.3 is 10.0 Å². The second-order valence-corrected chi connectivity index (χ2v) is 3.06. The molecule has 0 radical (unpaired) electrons. The molecule has 0 bridgehead atoms. The van der Waals surface area contributed by atoms with Gasteiger partial charge >= 0.3 is 0 Å². The Labute approximate surface area is 73.4 Å². The molecule has 0 aliphatic rings. The van der Waals surface area contributed by atoms with Crippen LogP contribution in [0.15, 0.2) is 18.2 Å². The molecule has 1 aromatic rings. The van der Waals surface area contributed by atoms with Crippen molar-refractivity contribution in [1.82, 2.24) is 0 Å². The van der Waals surface area contributed by atoms with Crippen molar-refractivity contribution in [2.24, 2.45) is 0 Å². The Morgan fingerprint density at radius 1 is 1.33 bits per heavy atom. The van der Waals surface area contributed by atoms with Crippen LogP contribution in [0.5, 0.6) is 5.75 Å². The summed E-state index contributed by atoms with van der Waals surface area (Å²) < 4.78 is 0. The van der Waals surface area contributed by atoms with Crippen molar-refractivity contribution in [3.8, 4) is 5.75 Å². The van der Waals surface area contributed by atoms with Crippen LogP contribution in [0.3, 0.4) is 0 Å². The van der Waals surface area contributed by atoms with Crippen molar-refractivity contribution in [2.45, 2.75) is 13.3 Å². The molecule has 0 heterocycles. The predicted molar refractivity (Wildman–Crippen MR) is 51.8 cm³/mol. The third-order valence-corrected chi connectivity index (χ3v) is 1.97. The van der Waals surface area contributed by atoms with Crippen LogP contribution < -0.4 is 4.90 Å². The molecule has 1 rings (SSSR count). The lowest BCUT2D eigenvalue weighted by atomic mass is 10.1. The summed E-state index contributed by atoms with van der Waals surface area (Å²) in [7, 11) is 3.92. The highest BCUT2D eigenvalue weighted by Gasteiger charge is 2.00. The molecule has 2 nitrogen and oxygen atoms in total. The maximum atomic E-state index is 9.51. The Hall–Kier alpha value is -1.18. The molecule has 0 amide bonds. The van der Waals surface area contributed by atoms with E-state index in [1.165, 1.54) is 0 Å². The Balaban J connectivity index is 3.02. The number of benzene rings is 1. The van der Waals surface area contributed by atoms with E-state index in [-0.39, 0.29) is 0 Å². The van der Waals surface area contributed by atoms with E-state index in [1.807, 2.05) is 38.1 Å². The zero-order valence-corrected chi connectivity index (χ0v) is 7.83. The molecular formula is C10H15NO. The van der Waals surface area contributed by atoms with Gasteiger partial charge in [0.2, 0.25) is 0 Å². The number of rotatable bonds is 2. The number of anilines is 1. The highest BCUT2D eigenvalue weighted by atomic mass is 16.3. The summed E-state index contributed by atoms with van der Waals surface area (Å²) in [5.74, 6) is 0.392. The number of phenols is 1. The van der Waals surface area contributed by atoms with Gasteiger partial charge in [0, 0.05) is 25.8 Å². The van der Waals surface area contributed by atoms with Crippen molar-refractivity contribution in [2.75, 3.05) is 19.0 Å². The van der Waals surface area contributed by atoms with Crippen LogP contribution in [0, 0.1) is 0 Å². The summed E-state index contributed by atoms with van der Waals surface area (Å²) in [6.45, 7) is 2.03. The Bertz CT molecular complexity index is 269. The molecule has 1 aromatic carbocycles. The van der Waals surface area contributed by atoms with E-state index in [9.17, 15) is 5.11 Å². The predicted octanol–water partition coefficient (Wildman–Crippen LogP) is 2.02. The Morgan fingerprint density at radius 2 is 2.00 bits per heavy atom. The minimum absolute atomic E-state index is 0.392. The van der Waals surface area contributed by atoms with Gasteiger partial charge in [0.25, 0.3) is 0 Å². The molecule has 66 valence electrons. The molecule has 0 saturated heterocycles. The largest absolute Gasteiger partial charge is 0.508 e. The molecular weight excluding hydrogens is 150 g/mol. The summed E-state index contributed by atoms with van der Waals surface area (Å²) >= 11 is 0. The van der Waals surface area contributed by atoms with Crippen molar-refractivity contribution in [3.05, 3.63) is 23.8 Å². The fourth-order valence-electron chi connectivity index (χ4n) is 1.13. The van der Waals surface area contributed by atoms with Gasteiger partial charge in [0.1, 0.15) is 5.75 Å². The van der Waals surface area contributed by atoms with Gasteiger partial charge in [-0.05, 0) is 18.1 Å². The van der Waals surface area contributed by atoms with Gasteiger partial charge in [-0.1, -0.05) is 13.0 Å². The Morgan fingerprint density at radius 3 is 2.42 bits per heavy atom. The van der Waals surface area contributed by atoms with E-state index >= 15 is 0 Å². The van der Waals surface area contributed by atoms with E-state index < -0.39 is 0 Å². The average Bonchev–Trinajstić information content (AvgIpc) is 2.04. The van der Waals surface area contributed by atoms with Crippen LogP contribution in [-0.2, 0) is 6.42 Å². The summed E-state index contributed by atoms with van der Waals surface area (Å²) in [6.07, 6.45) is 0.875. The Kier molecular flexibility index (Phi) is 2.58. The first-order valence-corrected chi connectivity index (χ1v) is 4.14. The SMILES string of the molecule is CCc1ccc(N(C)C)cc1O. The van der Waals surface area contributed by atoms with E-state index in [2.05, 4.69) is 0 Å². The van der Waals surface area contributed by atoms with E-state index in [4.69, 9.17) is 0 Å². The first kappa shape index (κ1) is 8.91. The maximum absolute atomic E-state index is 9.51. The van der Waals surface area contributed by atoms with Gasteiger partial charge in [-0.15, -0.1) is 0 Å². The lowest BCUT2D eigenvalue weighted by Crippen LogP contribution is -2.08. The molecule has 0 saturated carbocycles. The lowest BCUT2D eigenvalue weighted by molar-refractivity contribution is 0.469. The van der Waals surface area contributed by atoms with Crippen molar-refractivity contribution in [3.63, 3.8) is 0 Å². The number of aromatic hydroxyl groups is 1. The number of nitrogens with zero attached hydrogens (tertiary/aromatic N) is 1. The second-order valence-electron chi connectivity index (χ2n) is 3.06. The quantitative estimate of drug-likeness (QED) is 0.724. The summed E-state index contributed by atoms with van der Waals surface area (Å²) in [6, 6.07) is 5.77. The number of aryl methyl sites for hydroxylation is 1. The van der Waals surface area contributed by atoms with Gasteiger partial charge in [-0.3, -0.25) is 0 Å². The topological polar surface area (TPSA) is 23.5 Å². The summed E-state index contributed by atoms with van der Waals surface area (Å²) in [5, 5.41) is 9.51. The third-order valence-electron chi connectivity index (χ3n) is 1.97. The van der Waals surface area contributed by atoms with Crippen molar-refractivity contribution in [1.29, 1.82) is 0 Å². The molecule has 0 aliphatic carbocycles. The lowest BCUT2D eigenvalue weighted by Gasteiger charge is -2.13. The van der Waals surface area contributed by atoms with Crippen LogP contribution in [0.2, 0.25) is 0 Å². The maximum Gasteiger partial charge on any atom is 0.120 e. The molecule has 0 aliphatic heterocycles. The molecule has 0 unspecified atom stereocenters. The normalized spacial score (nSPS) is 9.92. The zero-order valence-electron chi connectivity index (χ0n) is 7.83. The van der Waals surface area contributed by atoms with Crippen LogP contribution >= 0.6 is 0 Å².